The number of likely N-dealkylation sites (tertiary alicyclic amines) is 2. The molecular weight excluding hydrogens is 294 g/mol. The minimum Gasteiger partial charge on any atom is -0.505 e. The van der Waals surface area contributed by atoms with Crippen molar-refractivity contribution in [3.05, 3.63) is 24.0 Å². The van der Waals surface area contributed by atoms with Crippen LogP contribution in [0.2, 0.25) is 0 Å². The largest absolute Gasteiger partial charge is 0.505 e. The van der Waals surface area contributed by atoms with E-state index in [1.54, 1.807) is 11.0 Å². The van der Waals surface area contributed by atoms with Crippen LogP contribution < -0.4 is 0 Å². The molecule has 0 spiro atoms. The molecule has 0 radical (unpaired) electrons. The molecule has 2 fully saturated rings. The lowest BCUT2D eigenvalue weighted by Gasteiger charge is -2.32. The summed E-state index contributed by atoms with van der Waals surface area (Å²) in [5, 5.41) is 9.74. The third-order valence-corrected chi connectivity index (χ3v) is 4.81. The fourth-order valence-electron chi connectivity index (χ4n) is 3.39. The van der Waals surface area contributed by atoms with Crippen LogP contribution in [0.25, 0.3) is 0 Å². The maximum atomic E-state index is 12.4. The van der Waals surface area contributed by atoms with Gasteiger partial charge in [0.15, 0.2) is 5.69 Å². The van der Waals surface area contributed by atoms with Gasteiger partial charge in [0.2, 0.25) is 5.91 Å². The molecule has 6 nitrogen and oxygen atoms in total. The van der Waals surface area contributed by atoms with Crippen molar-refractivity contribution in [2.75, 3.05) is 26.2 Å². The van der Waals surface area contributed by atoms with Gasteiger partial charge in [0.05, 0.1) is 0 Å². The molecule has 2 amide bonds. The van der Waals surface area contributed by atoms with Crippen LogP contribution in [0.3, 0.4) is 0 Å². The number of hydrogen-bond donors (Lipinski definition) is 1. The highest BCUT2D eigenvalue weighted by Gasteiger charge is 2.28. The number of carbonyl (C=O) groups excluding carboxylic acids is 2. The Bertz CT molecular complexity index is 576. The van der Waals surface area contributed by atoms with E-state index in [9.17, 15) is 14.7 Å². The highest BCUT2D eigenvalue weighted by Crippen LogP contribution is 2.24. The Labute approximate surface area is 136 Å². The topological polar surface area (TPSA) is 73.7 Å². The van der Waals surface area contributed by atoms with Gasteiger partial charge in [-0.05, 0) is 43.7 Å². The van der Waals surface area contributed by atoms with Gasteiger partial charge in [-0.15, -0.1) is 0 Å². The SMILES string of the molecule is O=C(CC1CCN(C(=O)c2ncccc2O)CC1)N1CCCC1. The maximum absolute atomic E-state index is 12.4. The minimum atomic E-state index is -0.229. The normalized spacial score (nSPS) is 19.1. The molecule has 3 heterocycles. The Hall–Kier alpha value is -2.11. The number of nitrogens with zero attached hydrogens (tertiary/aromatic N) is 3. The molecule has 2 saturated heterocycles. The van der Waals surface area contributed by atoms with E-state index in [-0.39, 0.29) is 23.3 Å². The first-order valence-corrected chi connectivity index (χ1v) is 8.36. The lowest BCUT2D eigenvalue weighted by Crippen LogP contribution is -2.40. The van der Waals surface area contributed by atoms with E-state index in [0.717, 1.165) is 38.8 Å². The summed E-state index contributed by atoms with van der Waals surface area (Å²) in [6.07, 6.45) is 6.00. The standard InChI is InChI=1S/C17H23N3O3/c21-14-4-3-7-18-16(14)17(23)20-10-5-13(6-11-20)12-15(22)19-8-1-2-9-19/h3-4,7,13,21H,1-2,5-6,8-12H2. The van der Waals surface area contributed by atoms with Gasteiger partial charge in [0.25, 0.3) is 5.91 Å². The van der Waals surface area contributed by atoms with E-state index in [2.05, 4.69) is 4.98 Å². The Kier molecular flexibility index (Phi) is 4.79. The molecule has 2 aliphatic rings. The molecule has 1 aromatic rings. The average Bonchev–Trinajstić information content (AvgIpc) is 3.10. The number of rotatable bonds is 3. The Balaban J connectivity index is 1.51. The summed E-state index contributed by atoms with van der Waals surface area (Å²) in [5.74, 6) is 0.301. The van der Waals surface area contributed by atoms with Gasteiger partial charge < -0.3 is 14.9 Å². The predicted octanol–water partition coefficient (Wildman–Crippen LogP) is 1.65. The Morgan fingerprint density at radius 3 is 2.48 bits per heavy atom. The van der Waals surface area contributed by atoms with Crippen LogP contribution in [0.1, 0.15) is 42.6 Å². The van der Waals surface area contributed by atoms with E-state index in [1.807, 2.05) is 4.90 Å². The molecule has 124 valence electrons. The van der Waals surface area contributed by atoms with Crippen LogP contribution >= 0.6 is 0 Å². The van der Waals surface area contributed by atoms with Gasteiger partial charge in [0.1, 0.15) is 5.75 Å². The second-order valence-corrected chi connectivity index (χ2v) is 6.40. The van der Waals surface area contributed by atoms with Crippen molar-refractivity contribution in [1.29, 1.82) is 0 Å². The van der Waals surface area contributed by atoms with Crippen molar-refractivity contribution < 1.29 is 14.7 Å². The molecule has 23 heavy (non-hydrogen) atoms. The molecule has 1 aromatic heterocycles. The highest BCUT2D eigenvalue weighted by molar-refractivity contribution is 5.94. The van der Waals surface area contributed by atoms with Crippen LogP contribution in [0.5, 0.6) is 5.75 Å². The van der Waals surface area contributed by atoms with E-state index in [4.69, 9.17) is 0 Å². The number of aromatic nitrogens is 1. The van der Waals surface area contributed by atoms with Crippen molar-refractivity contribution in [3.63, 3.8) is 0 Å². The van der Waals surface area contributed by atoms with Gasteiger partial charge in [-0.2, -0.15) is 0 Å². The molecule has 0 unspecified atom stereocenters. The van der Waals surface area contributed by atoms with Gasteiger partial charge >= 0.3 is 0 Å². The summed E-state index contributed by atoms with van der Waals surface area (Å²) in [5.41, 5.74) is 0.110. The van der Waals surface area contributed by atoms with Gasteiger partial charge in [-0.1, -0.05) is 0 Å². The van der Waals surface area contributed by atoms with Gasteiger partial charge in [-0.3, -0.25) is 9.59 Å². The van der Waals surface area contributed by atoms with Crippen LogP contribution in [0.15, 0.2) is 18.3 Å². The minimum absolute atomic E-state index is 0.0798. The molecule has 0 aliphatic carbocycles. The zero-order chi connectivity index (χ0) is 16.2. The summed E-state index contributed by atoms with van der Waals surface area (Å²) in [7, 11) is 0. The average molecular weight is 317 g/mol. The molecular formula is C17H23N3O3. The Morgan fingerprint density at radius 1 is 1.13 bits per heavy atom. The molecule has 0 bridgehead atoms. The second-order valence-electron chi connectivity index (χ2n) is 6.40. The summed E-state index contributed by atoms with van der Waals surface area (Å²) < 4.78 is 0. The van der Waals surface area contributed by atoms with Crippen molar-refractivity contribution in [1.82, 2.24) is 14.8 Å². The lowest BCUT2D eigenvalue weighted by atomic mass is 9.93. The number of hydrogen-bond acceptors (Lipinski definition) is 4. The summed E-state index contributed by atoms with van der Waals surface area (Å²) >= 11 is 0. The van der Waals surface area contributed by atoms with E-state index < -0.39 is 0 Å². The fraction of sp³-hybridized carbons (Fsp3) is 0.588. The summed E-state index contributed by atoms with van der Waals surface area (Å²) in [4.78, 5) is 32.2. The van der Waals surface area contributed by atoms with E-state index in [0.29, 0.717) is 25.4 Å². The number of piperidine rings is 1. The van der Waals surface area contributed by atoms with Gasteiger partial charge in [0, 0.05) is 38.8 Å². The van der Waals surface area contributed by atoms with Crippen molar-refractivity contribution >= 4 is 11.8 Å². The molecule has 1 N–H and O–H groups in total. The zero-order valence-corrected chi connectivity index (χ0v) is 13.3. The highest BCUT2D eigenvalue weighted by atomic mass is 16.3. The zero-order valence-electron chi connectivity index (χ0n) is 13.3. The number of carbonyl (C=O) groups is 2. The molecule has 0 atom stereocenters. The first-order valence-electron chi connectivity index (χ1n) is 8.36. The molecule has 2 aliphatic heterocycles. The third-order valence-electron chi connectivity index (χ3n) is 4.81. The van der Waals surface area contributed by atoms with Gasteiger partial charge in [-0.25, -0.2) is 4.98 Å². The number of pyridine rings is 1. The van der Waals surface area contributed by atoms with E-state index in [1.165, 1.54) is 12.3 Å². The number of aromatic hydroxyl groups is 1. The van der Waals surface area contributed by atoms with Crippen molar-refractivity contribution in [2.24, 2.45) is 5.92 Å². The predicted molar refractivity (Wildman–Crippen MR) is 85.0 cm³/mol. The van der Waals surface area contributed by atoms with Crippen molar-refractivity contribution in [2.45, 2.75) is 32.1 Å². The van der Waals surface area contributed by atoms with Crippen LogP contribution in [-0.4, -0.2) is 57.9 Å². The molecule has 6 heteroatoms. The first kappa shape index (κ1) is 15.8. The molecule has 0 aromatic carbocycles. The summed E-state index contributed by atoms with van der Waals surface area (Å²) in [6.45, 7) is 3.03. The van der Waals surface area contributed by atoms with Crippen LogP contribution in [0, 0.1) is 5.92 Å². The second kappa shape index (κ2) is 6.98. The van der Waals surface area contributed by atoms with E-state index >= 15 is 0 Å². The first-order chi connectivity index (χ1) is 11.1. The quantitative estimate of drug-likeness (QED) is 0.920. The number of amides is 2. The van der Waals surface area contributed by atoms with Crippen LogP contribution in [0.4, 0.5) is 0 Å². The van der Waals surface area contributed by atoms with Crippen LogP contribution in [-0.2, 0) is 4.79 Å². The van der Waals surface area contributed by atoms with Crippen molar-refractivity contribution in [3.8, 4) is 5.75 Å². The monoisotopic (exact) mass is 317 g/mol. The summed E-state index contributed by atoms with van der Waals surface area (Å²) in [6, 6.07) is 3.07. The maximum Gasteiger partial charge on any atom is 0.276 e. The smallest absolute Gasteiger partial charge is 0.276 e. The Morgan fingerprint density at radius 2 is 1.83 bits per heavy atom. The third kappa shape index (κ3) is 3.63. The fourth-order valence-corrected chi connectivity index (χ4v) is 3.39. The lowest BCUT2D eigenvalue weighted by molar-refractivity contribution is -0.131. The molecule has 3 rings (SSSR count). The molecule has 0 saturated carbocycles.